The van der Waals surface area contributed by atoms with Crippen LogP contribution in [-0.4, -0.2) is 16.6 Å². The highest BCUT2D eigenvalue weighted by Crippen LogP contribution is 2.27. The van der Waals surface area contributed by atoms with Crippen LogP contribution < -0.4 is 5.32 Å². The van der Waals surface area contributed by atoms with Crippen molar-refractivity contribution in [2.75, 3.05) is 5.32 Å². The zero-order valence-electron chi connectivity index (χ0n) is 8.64. The second kappa shape index (κ2) is 4.35. The summed E-state index contributed by atoms with van der Waals surface area (Å²) in [7, 11) is 0. The van der Waals surface area contributed by atoms with E-state index in [-0.39, 0.29) is 10.7 Å². The Hall–Kier alpha value is -1.20. The molecule has 0 spiro atoms. The van der Waals surface area contributed by atoms with Gasteiger partial charge in [0.15, 0.2) is 5.82 Å². The third-order valence-electron chi connectivity index (χ3n) is 1.80. The zero-order chi connectivity index (χ0) is 12.5. The topological polar surface area (TPSA) is 49.3 Å². The van der Waals surface area contributed by atoms with Crippen LogP contribution >= 0.6 is 11.6 Å². The third kappa shape index (κ3) is 2.90. The summed E-state index contributed by atoms with van der Waals surface area (Å²) in [5.41, 5.74) is -2.03. The Morgan fingerprint density at radius 3 is 2.44 bits per heavy atom. The van der Waals surface area contributed by atoms with Gasteiger partial charge in [-0.15, -0.1) is 0 Å². The molecular formula is C10H10ClF2NO2. The number of hydrogen-bond acceptors (Lipinski definition) is 2. The number of hydrogen-bond donors (Lipinski definition) is 2. The molecule has 0 aliphatic heterocycles. The Kier molecular flexibility index (Phi) is 3.50. The Labute approximate surface area is 96.0 Å². The van der Waals surface area contributed by atoms with Crippen molar-refractivity contribution in [3.8, 4) is 0 Å². The predicted molar refractivity (Wildman–Crippen MR) is 56.3 cm³/mol. The molecule has 3 nitrogen and oxygen atoms in total. The van der Waals surface area contributed by atoms with Crippen molar-refractivity contribution in [1.29, 1.82) is 0 Å². The molecule has 0 aliphatic carbocycles. The minimum absolute atomic E-state index is 0.268. The van der Waals surface area contributed by atoms with Crippen LogP contribution in [0.25, 0.3) is 0 Å². The summed E-state index contributed by atoms with van der Waals surface area (Å²) in [5, 5.41) is 11.1. The fourth-order valence-electron chi connectivity index (χ4n) is 0.928. The minimum Gasteiger partial charge on any atom is -0.381 e. The molecule has 1 aromatic carbocycles. The highest BCUT2D eigenvalue weighted by atomic mass is 35.5. The molecule has 0 aliphatic rings. The van der Waals surface area contributed by atoms with E-state index in [1.165, 1.54) is 13.8 Å². The van der Waals surface area contributed by atoms with Gasteiger partial charge in [-0.1, -0.05) is 11.6 Å². The van der Waals surface area contributed by atoms with Crippen molar-refractivity contribution < 1.29 is 18.7 Å². The lowest BCUT2D eigenvalue weighted by atomic mass is 10.1. The van der Waals surface area contributed by atoms with E-state index in [2.05, 4.69) is 5.32 Å². The lowest BCUT2D eigenvalue weighted by Gasteiger charge is -2.17. The molecule has 2 N–H and O–H groups in total. The van der Waals surface area contributed by atoms with Crippen molar-refractivity contribution in [3.63, 3.8) is 0 Å². The van der Waals surface area contributed by atoms with Gasteiger partial charge in [0.2, 0.25) is 0 Å². The van der Waals surface area contributed by atoms with Crippen molar-refractivity contribution in [1.82, 2.24) is 0 Å². The summed E-state index contributed by atoms with van der Waals surface area (Å²) in [5.74, 6) is -2.67. The molecule has 1 amide bonds. The largest absolute Gasteiger partial charge is 0.381 e. The van der Waals surface area contributed by atoms with Crippen LogP contribution in [0.15, 0.2) is 12.1 Å². The Morgan fingerprint density at radius 2 is 2.00 bits per heavy atom. The van der Waals surface area contributed by atoms with Crippen molar-refractivity contribution in [2.24, 2.45) is 0 Å². The van der Waals surface area contributed by atoms with Crippen LogP contribution in [0.4, 0.5) is 14.5 Å². The fourth-order valence-corrected chi connectivity index (χ4v) is 1.17. The van der Waals surface area contributed by atoms with Gasteiger partial charge in [0.1, 0.15) is 11.4 Å². The van der Waals surface area contributed by atoms with Gasteiger partial charge in [0.25, 0.3) is 5.91 Å². The van der Waals surface area contributed by atoms with Crippen LogP contribution in [0.5, 0.6) is 0 Å². The smallest absolute Gasteiger partial charge is 0.255 e. The number of rotatable bonds is 2. The molecule has 1 aromatic rings. The molecule has 0 unspecified atom stereocenters. The summed E-state index contributed by atoms with van der Waals surface area (Å²) in [6.45, 7) is 2.47. The summed E-state index contributed by atoms with van der Waals surface area (Å²) in [6.07, 6.45) is 0. The van der Waals surface area contributed by atoms with E-state index in [9.17, 15) is 18.7 Å². The minimum atomic E-state index is -1.68. The average molecular weight is 250 g/mol. The Morgan fingerprint density at radius 1 is 1.44 bits per heavy atom. The van der Waals surface area contributed by atoms with Crippen molar-refractivity contribution >= 4 is 23.2 Å². The first-order chi connectivity index (χ1) is 7.21. The molecule has 0 heterocycles. The van der Waals surface area contributed by atoms with E-state index in [0.29, 0.717) is 6.07 Å². The number of halogens is 3. The number of benzene rings is 1. The molecule has 16 heavy (non-hydrogen) atoms. The number of aliphatic hydroxyl groups is 1. The van der Waals surface area contributed by atoms with E-state index in [4.69, 9.17) is 11.6 Å². The van der Waals surface area contributed by atoms with E-state index in [1.54, 1.807) is 0 Å². The fraction of sp³-hybridized carbons (Fsp3) is 0.300. The molecule has 0 radical (unpaired) electrons. The number of anilines is 1. The van der Waals surface area contributed by atoms with E-state index >= 15 is 0 Å². The zero-order valence-corrected chi connectivity index (χ0v) is 9.40. The van der Waals surface area contributed by atoms with Crippen LogP contribution in [0.2, 0.25) is 5.02 Å². The van der Waals surface area contributed by atoms with Crippen molar-refractivity contribution in [2.45, 2.75) is 19.4 Å². The highest BCUT2D eigenvalue weighted by molar-refractivity contribution is 6.33. The third-order valence-corrected chi connectivity index (χ3v) is 2.10. The Bertz CT molecular complexity index is 406. The lowest BCUT2D eigenvalue weighted by Crippen LogP contribution is -2.37. The summed E-state index contributed by atoms with van der Waals surface area (Å²) >= 11 is 5.55. The van der Waals surface area contributed by atoms with Crippen LogP contribution in [0.1, 0.15) is 13.8 Å². The molecule has 0 saturated heterocycles. The van der Waals surface area contributed by atoms with E-state index < -0.39 is 23.1 Å². The summed E-state index contributed by atoms with van der Waals surface area (Å²) < 4.78 is 25.9. The first-order valence-corrected chi connectivity index (χ1v) is 4.78. The lowest BCUT2D eigenvalue weighted by molar-refractivity contribution is -0.130. The van der Waals surface area contributed by atoms with Crippen LogP contribution in [0.3, 0.4) is 0 Å². The van der Waals surface area contributed by atoms with Gasteiger partial charge in [0, 0.05) is 6.07 Å². The molecule has 88 valence electrons. The molecule has 0 saturated carbocycles. The van der Waals surface area contributed by atoms with Gasteiger partial charge in [-0.05, 0) is 19.9 Å². The monoisotopic (exact) mass is 249 g/mol. The molecule has 0 bridgehead atoms. The maximum absolute atomic E-state index is 13.2. The first kappa shape index (κ1) is 12.9. The van der Waals surface area contributed by atoms with Gasteiger partial charge in [-0.2, -0.15) is 0 Å². The Balaban J connectivity index is 3.03. The second-order valence-corrected chi connectivity index (χ2v) is 4.16. The van der Waals surface area contributed by atoms with Crippen molar-refractivity contribution in [3.05, 3.63) is 28.8 Å². The van der Waals surface area contributed by atoms with E-state index in [1.807, 2.05) is 0 Å². The molecule has 1 rings (SSSR count). The second-order valence-electron chi connectivity index (χ2n) is 3.76. The standard InChI is InChI=1S/C10H10ClF2NO2/c1-10(2,16)9(15)14-8-6(11)3-5(12)4-7(8)13/h3-4,16H,1-2H3,(H,14,15). The maximum atomic E-state index is 13.2. The van der Waals surface area contributed by atoms with E-state index in [0.717, 1.165) is 6.07 Å². The van der Waals surface area contributed by atoms with Gasteiger partial charge in [0.05, 0.1) is 10.7 Å². The van der Waals surface area contributed by atoms with Gasteiger partial charge in [-0.3, -0.25) is 4.79 Å². The van der Waals surface area contributed by atoms with Crippen LogP contribution in [0, 0.1) is 11.6 Å². The molecule has 0 atom stereocenters. The van der Waals surface area contributed by atoms with Gasteiger partial charge in [-0.25, -0.2) is 8.78 Å². The number of amides is 1. The first-order valence-electron chi connectivity index (χ1n) is 4.40. The number of carbonyl (C=O) groups excluding carboxylic acids is 1. The van der Waals surface area contributed by atoms with Crippen LogP contribution in [-0.2, 0) is 4.79 Å². The average Bonchev–Trinajstić information content (AvgIpc) is 2.08. The number of nitrogens with one attached hydrogen (secondary N) is 1. The van der Waals surface area contributed by atoms with Gasteiger partial charge < -0.3 is 10.4 Å². The molecule has 0 fully saturated rings. The summed E-state index contributed by atoms with van der Waals surface area (Å²) in [4.78, 5) is 11.3. The maximum Gasteiger partial charge on any atom is 0.255 e. The summed E-state index contributed by atoms with van der Waals surface area (Å²) in [6, 6.07) is 1.45. The normalized spacial score (nSPS) is 11.4. The van der Waals surface area contributed by atoms with Gasteiger partial charge >= 0.3 is 0 Å². The quantitative estimate of drug-likeness (QED) is 0.845. The molecule has 6 heteroatoms. The number of carbonyl (C=O) groups is 1. The molecule has 0 aromatic heterocycles. The highest BCUT2D eigenvalue weighted by Gasteiger charge is 2.25. The SMILES string of the molecule is CC(C)(O)C(=O)Nc1c(F)cc(F)cc1Cl. The molecular weight excluding hydrogens is 240 g/mol. The predicted octanol–water partition coefficient (Wildman–Crippen LogP) is 2.33.